The van der Waals surface area contributed by atoms with E-state index in [1.165, 1.54) is 17.0 Å². The smallest absolute Gasteiger partial charge is 0.326 e. The van der Waals surface area contributed by atoms with Crippen molar-refractivity contribution in [1.29, 1.82) is 0 Å². The first kappa shape index (κ1) is 13.8. The van der Waals surface area contributed by atoms with E-state index in [2.05, 4.69) is 0 Å². The fourth-order valence-electron chi connectivity index (χ4n) is 2.26. The minimum atomic E-state index is -3.47. The Bertz CT molecular complexity index is 614. The summed E-state index contributed by atoms with van der Waals surface area (Å²) in [5.74, 6) is -1.71. The van der Waals surface area contributed by atoms with Crippen LogP contribution >= 0.6 is 0 Å². The summed E-state index contributed by atoms with van der Waals surface area (Å²) in [7, 11) is -3.47. The van der Waals surface area contributed by atoms with E-state index < -0.39 is 27.7 Å². The van der Waals surface area contributed by atoms with Crippen LogP contribution in [-0.4, -0.2) is 38.3 Å². The Morgan fingerprint density at radius 2 is 2.16 bits per heavy atom. The Hall–Kier alpha value is -1.63. The summed E-state index contributed by atoms with van der Waals surface area (Å²) in [6.07, 6.45) is 2.13. The molecular formula is C12H14FNO4S. The summed E-state index contributed by atoms with van der Waals surface area (Å²) in [4.78, 5) is 12.4. The molecule has 0 amide bonds. The second-order valence-electron chi connectivity index (χ2n) is 4.58. The number of halogens is 1. The predicted octanol–water partition coefficient (Wildman–Crippen LogP) is 1.28. The summed E-state index contributed by atoms with van der Waals surface area (Å²) in [6, 6.07) is 2.80. The topological polar surface area (TPSA) is 74.7 Å². The minimum Gasteiger partial charge on any atom is -0.480 e. The van der Waals surface area contributed by atoms with Gasteiger partial charge in [-0.2, -0.15) is 0 Å². The van der Waals surface area contributed by atoms with E-state index in [9.17, 15) is 17.6 Å². The monoisotopic (exact) mass is 287 g/mol. The average molecular weight is 287 g/mol. The van der Waals surface area contributed by atoms with Crippen LogP contribution in [0.25, 0.3) is 0 Å². The molecule has 0 aliphatic carbocycles. The van der Waals surface area contributed by atoms with Gasteiger partial charge < -0.3 is 10.0 Å². The maximum absolute atomic E-state index is 14.0. The van der Waals surface area contributed by atoms with Gasteiger partial charge in [0.25, 0.3) is 0 Å². The lowest BCUT2D eigenvalue weighted by Crippen LogP contribution is -2.36. The van der Waals surface area contributed by atoms with Crippen molar-refractivity contribution in [1.82, 2.24) is 0 Å². The number of sulfone groups is 1. The Morgan fingerprint density at radius 1 is 1.47 bits per heavy atom. The van der Waals surface area contributed by atoms with Crippen LogP contribution in [0.5, 0.6) is 0 Å². The molecule has 0 spiro atoms. The molecule has 2 rings (SSSR count). The lowest BCUT2D eigenvalue weighted by Gasteiger charge is -2.24. The van der Waals surface area contributed by atoms with Crippen molar-refractivity contribution in [2.45, 2.75) is 23.8 Å². The van der Waals surface area contributed by atoms with Crippen LogP contribution in [0.4, 0.5) is 10.1 Å². The molecule has 1 saturated heterocycles. The quantitative estimate of drug-likeness (QED) is 0.906. The number of rotatable bonds is 3. The Labute approximate surface area is 110 Å². The third kappa shape index (κ3) is 2.70. The van der Waals surface area contributed by atoms with E-state index in [1.54, 1.807) is 0 Å². The summed E-state index contributed by atoms with van der Waals surface area (Å²) in [6.45, 7) is 0.451. The van der Waals surface area contributed by atoms with Gasteiger partial charge in [-0.3, -0.25) is 0 Å². The molecule has 1 aliphatic rings. The molecule has 5 nitrogen and oxygen atoms in total. The van der Waals surface area contributed by atoms with Crippen molar-refractivity contribution in [3.8, 4) is 0 Å². The fourth-order valence-corrected chi connectivity index (χ4v) is 2.90. The molecule has 1 N–H and O–H groups in total. The van der Waals surface area contributed by atoms with Crippen molar-refractivity contribution in [3.63, 3.8) is 0 Å². The maximum atomic E-state index is 14.0. The van der Waals surface area contributed by atoms with Gasteiger partial charge in [-0.15, -0.1) is 0 Å². The standard InChI is InChI=1S/C12H14FNO4S/c1-19(17,18)8-4-5-10(9(13)7-8)14-6-2-3-11(14)12(15)16/h4-5,7,11H,2-3,6H2,1H3,(H,15,16). The van der Waals surface area contributed by atoms with Crippen molar-refractivity contribution in [2.75, 3.05) is 17.7 Å². The van der Waals surface area contributed by atoms with Crippen molar-refractivity contribution >= 4 is 21.5 Å². The van der Waals surface area contributed by atoms with Gasteiger partial charge in [-0.25, -0.2) is 17.6 Å². The number of anilines is 1. The summed E-state index contributed by atoms with van der Waals surface area (Å²) >= 11 is 0. The lowest BCUT2D eigenvalue weighted by molar-refractivity contribution is -0.138. The van der Waals surface area contributed by atoms with Gasteiger partial charge in [0.05, 0.1) is 10.6 Å². The van der Waals surface area contributed by atoms with Gasteiger partial charge in [0.2, 0.25) is 0 Å². The third-order valence-corrected chi connectivity index (χ3v) is 4.30. The van der Waals surface area contributed by atoms with E-state index in [0.717, 1.165) is 12.3 Å². The molecule has 1 aromatic carbocycles. The number of nitrogens with zero attached hydrogens (tertiary/aromatic N) is 1. The van der Waals surface area contributed by atoms with Crippen molar-refractivity contribution < 1.29 is 22.7 Å². The zero-order chi connectivity index (χ0) is 14.2. The summed E-state index contributed by atoms with van der Waals surface area (Å²) in [5.41, 5.74) is 0.136. The molecule has 7 heteroatoms. The number of carboxylic acid groups (broad SMARTS) is 1. The fraction of sp³-hybridized carbons (Fsp3) is 0.417. The summed E-state index contributed by atoms with van der Waals surface area (Å²) in [5, 5.41) is 9.06. The molecule has 0 saturated carbocycles. The van der Waals surface area contributed by atoms with Crippen LogP contribution < -0.4 is 4.90 Å². The van der Waals surface area contributed by atoms with Crippen LogP contribution in [0.2, 0.25) is 0 Å². The number of carbonyl (C=O) groups is 1. The van der Waals surface area contributed by atoms with E-state index in [1.807, 2.05) is 0 Å². The molecule has 1 heterocycles. The van der Waals surface area contributed by atoms with Gasteiger partial charge in [0, 0.05) is 12.8 Å². The number of hydrogen-bond acceptors (Lipinski definition) is 4. The molecule has 19 heavy (non-hydrogen) atoms. The summed E-state index contributed by atoms with van der Waals surface area (Å²) < 4.78 is 36.6. The van der Waals surface area contributed by atoms with E-state index in [-0.39, 0.29) is 10.6 Å². The van der Waals surface area contributed by atoms with Crippen molar-refractivity contribution in [3.05, 3.63) is 24.0 Å². The van der Waals surface area contributed by atoms with E-state index in [4.69, 9.17) is 5.11 Å². The molecular weight excluding hydrogens is 273 g/mol. The van der Waals surface area contributed by atoms with Gasteiger partial charge >= 0.3 is 5.97 Å². The van der Waals surface area contributed by atoms with Gasteiger partial charge in [-0.1, -0.05) is 0 Å². The first-order valence-electron chi connectivity index (χ1n) is 5.80. The highest BCUT2D eigenvalue weighted by atomic mass is 32.2. The minimum absolute atomic E-state index is 0.111. The average Bonchev–Trinajstić information content (AvgIpc) is 2.76. The molecule has 1 atom stereocenters. The molecule has 104 valence electrons. The SMILES string of the molecule is CS(=O)(=O)c1ccc(N2CCCC2C(=O)O)c(F)c1. The number of hydrogen-bond donors (Lipinski definition) is 1. The first-order chi connectivity index (χ1) is 8.80. The molecule has 1 aromatic rings. The molecule has 0 aromatic heterocycles. The first-order valence-corrected chi connectivity index (χ1v) is 7.69. The van der Waals surface area contributed by atoms with Crippen LogP contribution in [0.3, 0.4) is 0 Å². The second kappa shape index (κ2) is 4.80. The largest absolute Gasteiger partial charge is 0.480 e. The zero-order valence-corrected chi connectivity index (χ0v) is 11.2. The Kier molecular flexibility index (Phi) is 3.49. The molecule has 0 radical (unpaired) electrons. The van der Waals surface area contributed by atoms with E-state index in [0.29, 0.717) is 19.4 Å². The maximum Gasteiger partial charge on any atom is 0.326 e. The number of benzene rings is 1. The number of aliphatic carboxylic acids is 1. The Balaban J connectivity index is 2.39. The van der Waals surface area contributed by atoms with Gasteiger partial charge in [0.1, 0.15) is 11.9 Å². The highest BCUT2D eigenvalue weighted by molar-refractivity contribution is 7.90. The van der Waals surface area contributed by atoms with Crippen LogP contribution in [0.1, 0.15) is 12.8 Å². The van der Waals surface area contributed by atoms with Crippen LogP contribution in [-0.2, 0) is 14.6 Å². The normalized spacial score (nSPS) is 19.7. The third-order valence-electron chi connectivity index (χ3n) is 3.19. The van der Waals surface area contributed by atoms with Crippen LogP contribution in [0.15, 0.2) is 23.1 Å². The molecule has 0 bridgehead atoms. The highest BCUT2D eigenvalue weighted by Gasteiger charge is 2.32. The molecule has 1 unspecified atom stereocenters. The van der Waals surface area contributed by atoms with E-state index >= 15 is 0 Å². The van der Waals surface area contributed by atoms with Crippen molar-refractivity contribution in [2.24, 2.45) is 0 Å². The van der Waals surface area contributed by atoms with Crippen LogP contribution in [0, 0.1) is 5.82 Å². The predicted molar refractivity (Wildman–Crippen MR) is 67.5 cm³/mol. The second-order valence-corrected chi connectivity index (χ2v) is 6.59. The molecule has 1 fully saturated rings. The van der Waals surface area contributed by atoms with Gasteiger partial charge in [-0.05, 0) is 31.0 Å². The Morgan fingerprint density at radius 3 is 2.68 bits per heavy atom. The molecule has 1 aliphatic heterocycles. The lowest BCUT2D eigenvalue weighted by atomic mass is 10.2. The zero-order valence-electron chi connectivity index (χ0n) is 10.3. The number of carboxylic acids is 1. The van der Waals surface area contributed by atoms with Gasteiger partial charge in [0.15, 0.2) is 9.84 Å². The highest BCUT2D eigenvalue weighted by Crippen LogP contribution is 2.29.